The van der Waals surface area contributed by atoms with Gasteiger partial charge in [0.15, 0.2) is 11.5 Å². The van der Waals surface area contributed by atoms with Gasteiger partial charge in [0, 0.05) is 24.4 Å². The summed E-state index contributed by atoms with van der Waals surface area (Å²) in [6.45, 7) is 0. The minimum atomic E-state index is -0.296. The topological polar surface area (TPSA) is 84.0 Å². The van der Waals surface area contributed by atoms with Gasteiger partial charge in [-0.2, -0.15) is 0 Å². The van der Waals surface area contributed by atoms with E-state index >= 15 is 0 Å². The molecule has 6 heteroatoms. The SMILES string of the molecule is O=C(NC1Cc2ccccc2C1)c1nccnc1NC(=O)C1CCC1. The summed E-state index contributed by atoms with van der Waals surface area (Å²) in [6.07, 6.45) is 7.45. The van der Waals surface area contributed by atoms with Crippen LogP contribution in [-0.2, 0) is 17.6 Å². The number of hydrogen-bond acceptors (Lipinski definition) is 4. The Hall–Kier alpha value is -2.76. The van der Waals surface area contributed by atoms with E-state index in [1.54, 1.807) is 0 Å². The zero-order valence-electron chi connectivity index (χ0n) is 13.9. The summed E-state index contributed by atoms with van der Waals surface area (Å²) in [7, 11) is 0. The molecule has 128 valence electrons. The predicted molar refractivity (Wildman–Crippen MR) is 93.1 cm³/mol. The molecule has 6 nitrogen and oxygen atoms in total. The van der Waals surface area contributed by atoms with E-state index in [0.717, 1.165) is 32.1 Å². The van der Waals surface area contributed by atoms with Crippen molar-refractivity contribution in [2.75, 3.05) is 5.32 Å². The Morgan fingerprint density at radius 3 is 2.32 bits per heavy atom. The first kappa shape index (κ1) is 15.7. The first-order chi connectivity index (χ1) is 12.2. The Morgan fingerprint density at radius 2 is 1.68 bits per heavy atom. The molecular weight excluding hydrogens is 316 g/mol. The van der Waals surface area contributed by atoms with Gasteiger partial charge in [-0.25, -0.2) is 9.97 Å². The van der Waals surface area contributed by atoms with Crippen molar-refractivity contribution in [3.05, 3.63) is 53.5 Å². The number of rotatable bonds is 4. The summed E-state index contributed by atoms with van der Waals surface area (Å²) in [4.78, 5) is 33.1. The summed E-state index contributed by atoms with van der Waals surface area (Å²) in [5.41, 5.74) is 2.71. The molecule has 2 N–H and O–H groups in total. The maximum Gasteiger partial charge on any atom is 0.273 e. The third-order valence-corrected chi connectivity index (χ3v) is 5.02. The van der Waals surface area contributed by atoms with E-state index in [4.69, 9.17) is 0 Å². The van der Waals surface area contributed by atoms with Crippen molar-refractivity contribution in [1.82, 2.24) is 15.3 Å². The first-order valence-electron chi connectivity index (χ1n) is 8.70. The van der Waals surface area contributed by atoms with E-state index in [1.165, 1.54) is 23.5 Å². The van der Waals surface area contributed by atoms with E-state index in [-0.39, 0.29) is 35.3 Å². The highest BCUT2D eigenvalue weighted by Crippen LogP contribution is 2.27. The molecule has 0 saturated heterocycles. The van der Waals surface area contributed by atoms with E-state index in [9.17, 15) is 9.59 Å². The number of carbonyl (C=O) groups is 2. The van der Waals surface area contributed by atoms with Crippen LogP contribution in [0.5, 0.6) is 0 Å². The van der Waals surface area contributed by atoms with Gasteiger partial charge in [0.1, 0.15) is 0 Å². The minimum absolute atomic E-state index is 0.0299. The summed E-state index contributed by atoms with van der Waals surface area (Å²) in [6, 6.07) is 8.25. The molecule has 25 heavy (non-hydrogen) atoms. The lowest BCUT2D eigenvalue weighted by Gasteiger charge is -2.24. The van der Waals surface area contributed by atoms with Crippen molar-refractivity contribution in [3.8, 4) is 0 Å². The van der Waals surface area contributed by atoms with Crippen molar-refractivity contribution >= 4 is 17.6 Å². The molecule has 4 rings (SSSR count). The van der Waals surface area contributed by atoms with Crippen molar-refractivity contribution < 1.29 is 9.59 Å². The third kappa shape index (κ3) is 3.24. The summed E-state index contributed by atoms with van der Waals surface area (Å²) in [5, 5.41) is 5.78. The fraction of sp³-hybridized carbons (Fsp3) is 0.368. The number of benzene rings is 1. The lowest BCUT2D eigenvalue weighted by Crippen LogP contribution is -2.37. The number of hydrogen-bond donors (Lipinski definition) is 2. The van der Waals surface area contributed by atoms with Crippen molar-refractivity contribution in [3.63, 3.8) is 0 Å². The van der Waals surface area contributed by atoms with Gasteiger partial charge in [-0.1, -0.05) is 30.7 Å². The average molecular weight is 336 g/mol. The number of nitrogens with zero attached hydrogens (tertiary/aromatic N) is 2. The maximum atomic E-state index is 12.6. The van der Waals surface area contributed by atoms with Crippen LogP contribution < -0.4 is 10.6 Å². The molecule has 1 aromatic heterocycles. The number of fused-ring (bicyclic) bond motifs is 1. The predicted octanol–water partition coefficient (Wildman–Crippen LogP) is 2.11. The molecule has 1 aromatic carbocycles. The lowest BCUT2D eigenvalue weighted by molar-refractivity contribution is -0.122. The first-order valence-corrected chi connectivity index (χ1v) is 8.70. The van der Waals surface area contributed by atoms with Crippen LogP contribution in [0.25, 0.3) is 0 Å². The molecule has 0 unspecified atom stereocenters. The van der Waals surface area contributed by atoms with Gasteiger partial charge in [0.05, 0.1) is 0 Å². The zero-order valence-corrected chi connectivity index (χ0v) is 13.9. The Balaban J connectivity index is 1.45. The Morgan fingerprint density at radius 1 is 1.00 bits per heavy atom. The number of carbonyl (C=O) groups excluding carboxylic acids is 2. The standard InChI is InChI=1S/C19H20N4O2/c24-18(12-6-3-7-12)23-17-16(20-8-9-21-17)19(25)22-15-10-13-4-1-2-5-14(13)11-15/h1-2,4-5,8-9,12,15H,3,6-7,10-11H2,(H,22,25)(H,21,23,24). The van der Waals surface area contributed by atoms with Crippen LogP contribution in [0.2, 0.25) is 0 Å². The summed E-state index contributed by atoms with van der Waals surface area (Å²) < 4.78 is 0. The number of aromatic nitrogens is 2. The second-order valence-electron chi connectivity index (χ2n) is 6.72. The van der Waals surface area contributed by atoms with Crippen LogP contribution in [0.3, 0.4) is 0 Å². The number of amides is 2. The lowest BCUT2D eigenvalue weighted by atomic mass is 9.85. The largest absolute Gasteiger partial charge is 0.347 e. The van der Waals surface area contributed by atoms with Crippen LogP contribution in [0.15, 0.2) is 36.7 Å². The summed E-state index contributed by atoms with van der Waals surface area (Å²) >= 11 is 0. The Labute approximate surface area is 146 Å². The van der Waals surface area contributed by atoms with E-state index in [0.29, 0.717) is 0 Å². The van der Waals surface area contributed by atoms with Gasteiger partial charge in [0.25, 0.3) is 5.91 Å². The van der Waals surface area contributed by atoms with Crippen molar-refractivity contribution in [2.45, 2.75) is 38.1 Å². The summed E-state index contributed by atoms with van der Waals surface area (Å²) in [5.74, 6) is -0.0986. The van der Waals surface area contributed by atoms with Gasteiger partial charge >= 0.3 is 0 Å². The fourth-order valence-corrected chi connectivity index (χ4v) is 3.40. The molecule has 0 bridgehead atoms. The monoisotopic (exact) mass is 336 g/mol. The van der Waals surface area contributed by atoms with Crippen LogP contribution >= 0.6 is 0 Å². The average Bonchev–Trinajstić information content (AvgIpc) is 2.95. The molecule has 1 saturated carbocycles. The van der Waals surface area contributed by atoms with Gasteiger partial charge in [0.2, 0.25) is 5.91 Å². The molecule has 0 aliphatic heterocycles. The highest BCUT2D eigenvalue weighted by atomic mass is 16.2. The van der Waals surface area contributed by atoms with Gasteiger partial charge in [-0.15, -0.1) is 0 Å². The van der Waals surface area contributed by atoms with Crippen LogP contribution in [0, 0.1) is 5.92 Å². The molecule has 2 amide bonds. The Bertz CT molecular complexity index is 792. The molecule has 0 atom stereocenters. The van der Waals surface area contributed by atoms with Gasteiger partial charge in [-0.05, 0) is 36.8 Å². The molecule has 2 aromatic rings. The molecule has 1 heterocycles. The molecule has 1 fully saturated rings. The highest BCUT2D eigenvalue weighted by molar-refractivity contribution is 6.01. The quantitative estimate of drug-likeness (QED) is 0.896. The molecule has 0 spiro atoms. The van der Waals surface area contributed by atoms with Crippen molar-refractivity contribution in [1.29, 1.82) is 0 Å². The van der Waals surface area contributed by atoms with E-state index in [1.807, 2.05) is 12.1 Å². The normalized spacial score (nSPS) is 16.8. The fourth-order valence-electron chi connectivity index (χ4n) is 3.40. The second-order valence-corrected chi connectivity index (χ2v) is 6.72. The molecule has 2 aliphatic rings. The third-order valence-electron chi connectivity index (χ3n) is 5.02. The highest BCUT2D eigenvalue weighted by Gasteiger charge is 2.28. The van der Waals surface area contributed by atoms with Gasteiger partial charge < -0.3 is 10.6 Å². The molecule has 2 aliphatic carbocycles. The second kappa shape index (κ2) is 6.63. The molecule has 0 radical (unpaired) electrons. The van der Waals surface area contributed by atoms with Crippen LogP contribution in [0.4, 0.5) is 5.82 Å². The van der Waals surface area contributed by atoms with E-state index in [2.05, 4.69) is 32.7 Å². The number of nitrogens with one attached hydrogen (secondary N) is 2. The molecular formula is C19H20N4O2. The van der Waals surface area contributed by atoms with E-state index < -0.39 is 0 Å². The maximum absolute atomic E-state index is 12.6. The zero-order chi connectivity index (χ0) is 17.2. The van der Waals surface area contributed by atoms with Crippen LogP contribution in [-0.4, -0.2) is 27.8 Å². The van der Waals surface area contributed by atoms with Gasteiger partial charge in [-0.3, -0.25) is 9.59 Å². The minimum Gasteiger partial charge on any atom is -0.347 e. The number of anilines is 1. The Kier molecular flexibility index (Phi) is 4.17. The van der Waals surface area contributed by atoms with Crippen LogP contribution in [0.1, 0.15) is 40.9 Å². The van der Waals surface area contributed by atoms with Crippen molar-refractivity contribution in [2.24, 2.45) is 5.92 Å². The smallest absolute Gasteiger partial charge is 0.273 e.